The van der Waals surface area contributed by atoms with Crippen molar-refractivity contribution in [3.8, 4) is 0 Å². The summed E-state index contributed by atoms with van der Waals surface area (Å²) >= 11 is 1.64. The first kappa shape index (κ1) is 8.20. The van der Waals surface area contributed by atoms with Crippen molar-refractivity contribution < 1.29 is 0 Å². The summed E-state index contributed by atoms with van der Waals surface area (Å²) in [7, 11) is 0. The molecule has 0 radical (unpaired) electrons. The van der Waals surface area contributed by atoms with Crippen LogP contribution in [0.3, 0.4) is 0 Å². The summed E-state index contributed by atoms with van der Waals surface area (Å²) in [5.41, 5.74) is 1.21. The molecule has 0 spiro atoms. The van der Waals surface area contributed by atoms with E-state index in [1.807, 2.05) is 35.9 Å². The van der Waals surface area contributed by atoms with Gasteiger partial charge in [-0.3, -0.25) is 0 Å². The maximum absolute atomic E-state index is 4.16. The maximum Gasteiger partial charge on any atom is 0.116 e. The van der Waals surface area contributed by atoms with Gasteiger partial charge in [-0.25, -0.2) is 4.98 Å². The van der Waals surface area contributed by atoms with Gasteiger partial charge in [-0.2, -0.15) is 0 Å². The highest BCUT2D eigenvalue weighted by molar-refractivity contribution is 7.10. The van der Waals surface area contributed by atoms with Crippen molar-refractivity contribution in [2.24, 2.45) is 0 Å². The summed E-state index contributed by atoms with van der Waals surface area (Å²) < 4.78 is 0. The minimum atomic E-state index is 1.05. The summed E-state index contributed by atoms with van der Waals surface area (Å²) in [5.74, 6) is 0. The average molecular weight is 187 g/mol. The van der Waals surface area contributed by atoms with E-state index in [0.717, 1.165) is 5.01 Å². The number of hydrogen-bond donors (Lipinski definition) is 0. The van der Waals surface area contributed by atoms with Gasteiger partial charge in [-0.15, -0.1) is 11.3 Å². The largest absolute Gasteiger partial charge is 0.245 e. The van der Waals surface area contributed by atoms with Gasteiger partial charge in [0.25, 0.3) is 0 Å². The second-order valence-corrected chi connectivity index (χ2v) is 3.54. The van der Waals surface area contributed by atoms with E-state index in [1.54, 1.807) is 11.3 Å². The Bertz CT molecular complexity index is 376. The molecule has 1 aromatic heterocycles. The summed E-state index contributed by atoms with van der Waals surface area (Å²) in [6.45, 7) is 0. The predicted molar refractivity (Wildman–Crippen MR) is 57.5 cm³/mol. The topological polar surface area (TPSA) is 12.9 Å². The third kappa shape index (κ3) is 2.26. The fraction of sp³-hybridized carbons (Fsp3) is 0. The number of benzene rings is 1. The zero-order valence-corrected chi connectivity index (χ0v) is 7.87. The van der Waals surface area contributed by atoms with E-state index < -0.39 is 0 Å². The van der Waals surface area contributed by atoms with E-state index >= 15 is 0 Å². The fourth-order valence-electron chi connectivity index (χ4n) is 1.05. The van der Waals surface area contributed by atoms with Gasteiger partial charge in [0.2, 0.25) is 0 Å². The number of hydrogen-bond acceptors (Lipinski definition) is 2. The van der Waals surface area contributed by atoms with Crippen LogP contribution in [0.4, 0.5) is 0 Å². The van der Waals surface area contributed by atoms with Crippen molar-refractivity contribution in [2.75, 3.05) is 0 Å². The molecule has 1 aromatic carbocycles. The fourth-order valence-corrected chi connectivity index (χ4v) is 1.58. The van der Waals surface area contributed by atoms with Crippen molar-refractivity contribution in [3.05, 3.63) is 52.5 Å². The number of nitrogens with zero attached hydrogens (tertiary/aromatic N) is 1. The Hall–Kier alpha value is -1.41. The molecule has 0 aliphatic rings. The zero-order chi connectivity index (χ0) is 8.93. The lowest BCUT2D eigenvalue weighted by atomic mass is 10.2. The van der Waals surface area contributed by atoms with Gasteiger partial charge in [-0.1, -0.05) is 36.4 Å². The van der Waals surface area contributed by atoms with Gasteiger partial charge in [0, 0.05) is 11.6 Å². The average Bonchev–Trinajstić information content (AvgIpc) is 2.69. The molecule has 2 aromatic rings. The maximum atomic E-state index is 4.16. The Morgan fingerprint density at radius 2 is 1.92 bits per heavy atom. The lowest BCUT2D eigenvalue weighted by Gasteiger charge is -1.88. The summed E-state index contributed by atoms with van der Waals surface area (Å²) in [5, 5.41) is 3.02. The van der Waals surface area contributed by atoms with Crippen LogP contribution >= 0.6 is 11.3 Å². The van der Waals surface area contributed by atoms with E-state index in [4.69, 9.17) is 0 Å². The molecule has 0 saturated carbocycles. The second kappa shape index (κ2) is 4.01. The quantitative estimate of drug-likeness (QED) is 0.702. The Morgan fingerprint density at radius 1 is 1.08 bits per heavy atom. The molecular formula is C11H9NS. The van der Waals surface area contributed by atoms with Crippen molar-refractivity contribution in [1.82, 2.24) is 4.98 Å². The normalized spacial score (nSPS) is 10.8. The van der Waals surface area contributed by atoms with Crippen LogP contribution < -0.4 is 0 Å². The Balaban J connectivity index is 2.15. The molecule has 1 heterocycles. The number of aromatic nitrogens is 1. The van der Waals surface area contributed by atoms with Gasteiger partial charge >= 0.3 is 0 Å². The highest BCUT2D eigenvalue weighted by atomic mass is 32.1. The van der Waals surface area contributed by atoms with E-state index in [9.17, 15) is 0 Å². The summed E-state index contributed by atoms with van der Waals surface area (Å²) in [6.07, 6.45) is 5.91. The van der Waals surface area contributed by atoms with E-state index in [0.29, 0.717) is 0 Å². The second-order valence-electron chi connectivity index (χ2n) is 2.61. The van der Waals surface area contributed by atoms with Crippen LogP contribution in [0.1, 0.15) is 10.6 Å². The highest BCUT2D eigenvalue weighted by Gasteiger charge is 1.87. The van der Waals surface area contributed by atoms with Gasteiger partial charge in [0.1, 0.15) is 5.01 Å². The van der Waals surface area contributed by atoms with Crippen LogP contribution in [-0.2, 0) is 0 Å². The van der Waals surface area contributed by atoms with Gasteiger partial charge in [0.05, 0.1) is 0 Å². The molecular weight excluding hydrogens is 178 g/mol. The van der Waals surface area contributed by atoms with E-state index in [-0.39, 0.29) is 0 Å². The van der Waals surface area contributed by atoms with Crippen LogP contribution in [0.15, 0.2) is 41.9 Å². The summed E-state index contributed by atoms with van der Waals surface area (Å²) in [6, 6.07) is 10.2. The van der Waals surface area contributed by atoms with Gasteiger partial charge in [-0.05, 0) is 11.6 Å². The highest BCUT2D eigenvalue weighted by Crippen LogP contribution is 2.09. The molecule has 0 aliphatic carbocycles. The number of thiazole rings is 1. The predicted octanol–water partition coefficient (Wildman–Crippen LogP) is 3.31. The first-order chi connectivity index (χ1) is 6.45. The standard InChI is InChI=1S/C11H9NS/c1-2-4-10(5-3-1)6-7-11-12-8-9-13-11/h1-9H. The van der Waals surface area contributed by atoms with E-state index in [1.165, 1.54) is 5.56 Å². The third-order valence-corrected chi connectivity index (χ3v) is 2.41. The van der Waals surface area contributed by atoms with Crippen LogP contribution in [0, 0.1) is 0 Å². The van der Waals surface area contributed by atoms with Crippen molar-refractivity contribution in [1.29, 1.82) is 0 Å². The van der Waals surface area contributed by atoms with E-state index in [2.05, 4.69) is 23.2 Å². The Kier molecular flexibility index (Phi) is 2.53. The molecule has 0 N–H and O–H groups in total. The molecule has 0 bridgehead atoms. The van der Waals surface area contributed by atoms with Crippen LogP contribution in [-0.4, -0.2) is 4.98 Å². The van der Waals surface area contributed by atoms with Crippen LogP contribution in [0.25, 0.3) is 12.2 Å². The van der Waals surface area contributed by atoms with Crippen LogP contribution in [0.5, 0.6) is 0 Å². The molecule has 2 rings (SSSR count). The smallest absolute Gasteiger partial charge is 0.116 e. The minimum Gasteiger partial charge on any atom is -0.245 e. The molecule has 64 valence electrons. The van der Waals surface area contributed by atoms with Crippen molar-refractivity contribution >= 4 is 23.5 Å². The molecule has 1 nitrogen and oxygen atoms in total. The lowest BCUT2D eigenvalue weighted by Crippen LogP contribution is -1.69. The molecule has 0 amide bonds. The molecule has 0 aliphatic heterocycles. The zero-order valence-electron chi connectivity index (χ0n) is 7.05. The Morgan fingerprint density at radius 3 is 2.62 bits per heavy atom. The summed E-state index contributed by atoms with van der Waals surface area (Å²) in [4.78, 5) is 4.16. The molecule has 0 unspecified atom stereocenters. The molecule has 2 heteroatoms. The first-order valence-electron chi connectivity index (χ1n) is 4.08. The molecule has 0 atom stereocenters. The first-order valence-corrected chi connectivity index (χ1v) is 4.96. The SMILES string of the molecule is C(=Cc1nccs1)c1ccccc1. The van der Waals surface area contributed by atoms with Gasteiger partial charge < -0.3 is 0 Å². The third-order valence-electron chi connectivity index (χ3n) is 1.67. The lowest BCUT2D eigenvalue weighted by molar-refractivity contribution is 1.40. The number of rotatable bonds is 2. The molecule has 0 fully saturated rings. The molecule has 0 saturated heterocycles. The van der Waals surface area contributed by atoms with Crippen molar-refractivity contribution in [3.63, 3.8) is 0 Å². The minimum absolute atomic E-state index is 1.05. The Labute approximate surface area is 81.4 Å². The van der Waals surface area contributed by atoms with Crippen LogP contribution in [0.2, 0.25) is 0 Å². The monoisotopic (exact) mass is 187 g/mol. The van der Waals surface area contributed by atoms with Crippen molar-refractivity contribution in [2.45, 2.75) is 0 Å². The molecule has 13 heavy (non-hydrogen) atoms. The van der Waals surface area contributed by atoms with Gasteiger partial charge in [0.15, 0.2) is 0 Å².